The van der Waals surface area contributed by atoms with E-state index in [4.69, 9.17) is 4.84 Å². The van der Waals surface area contributed by atoms with E-state index in [0.29, 0.717) is 12.1 Å². The Balaban J connectivity index is 0.00000128. The Labute approximate surface area is 102 Å². The van der Waals surface area contributed by atoms with E-state index in [1.165, 1.54) is 0 Å². The van der Waals surface area contributed by atoms with Crippen LogP contribution in [0.2, 0.25) is 0 Å². The average Bonchev–Trinajstić information content (AvgIpc) is 2.62. The third kappa shape index (κ3) is 2.47. The van der Waals surface area contributed by atoms with Gasteiger partial charge in [0.2, 0.25) is 0 Å². The fourth-order valence-corrected chi connectivity index (χ4v) is 2.04. The second kappa shape index (κ2) is 5.01. The average molecular weight is 248 g/mol. The van der Waals surface area contributed by atoms with Gasteiger partial charge in [0.25, 0.3) is 5.91 Å². The number of halogens is 1. The van der Waals surface area contributed by atoms with Crippen molar-refractivity contribution in [1.29, 1.82) is 0 Å². The van der Waals surface area contributed by atoms with Crippen LogP contribution < -0.4 is 5.32 Å². The molecule has 0 saturated carbocycles. The van der Waals surface area contributed by atoms with Crippen molar-refractivity contribution < 1.29 is 9.63 Å². The number of rotatable bonds is 1. The van der Waals surface area contributed by atoms with Crippen LogP contribution >= 0.6 is 12.4 Å². The van der Waals surface area contributed by atoms with Crippen LogP contribution in [-0.4, -0.2) is 49.3 Å². The summed E-state index contributed by atoms with van der Waals surface area (Å²) in [7, 11) is 3.47. The highest BCUT2D eigenvalue weighted by atomic mass is 35.5. The predicted octanol–water partition coefficient (Wildman–Crippen LogP) is 0.395. The third-order valence-corrected chi connectivity index (χ3v) is 3.01. The lowest BCUT2D eigenvalue weighted by molar-refractivity contribution is -0.121. The van der Waals surface area contributed by atoms with E-state index < -0.39 is 0 Å². The summed E-state index contributed by atoms with van der Waals surface area (Å²) in [5, 5.41) is 7.21. The SMILES string of the molecule is CN(C)C(=O)C1=NOC2(CCNCC2)C1.Cl. The monoisotopic (exact) mass is 247 g/mol. The van der Waals surface area contributed by atoms with E-state index >= 15 is 0 Å². The lowest BCUT2D eigenvalue weighted by Gasteiger charge is -2.30. The summed E-state index contributed by atoms with van der Waals surface area (Å²) in [6.45, 7) is 1.89. The van der Waals surface area contributed by atoms with Crippen LogP contribution in [0, 0.1) is 0 Å². The van der Waals surface area contributed by atoms with Crippen molar-refractivity contribution in [2.75, 3.05) is 27.2 Å². The topological polar surface area (TPSA) is 53.9 Å². The quantitative estimate of drug-likeness (QED) is 0.730. The van der Waals surface area contributed by atoms with E-state index in [0.717, 1.165) is 25.9 Å². The summed E-state index contributed by atoms with van der Waals surface area (Å²) in [6.07, 6.45) is 2.52. The van der Waals surface area contributed by atoms with E-state index in [-0.39, 0.29) is 23.9 Å². The molecule has 2 aliphatic heterocycles. The molecule has 2 rings (SSSR count). The maximum Gasteiger partial charge on any atom is 0.271 e. The fourth-order valence-electron chi connectivity index (χ4n) is 2.04. The number of carbonyl (C=O) groups excluding carboxylic acids is 1. The molecule has 6 heteroatoms. The van der Waals surface area contributed by atoms with Gasteiger partial charge in [0, 0.05) is 33.4 Å². The molecule has 1 fully saturated rings. The van der Waals surface area contributed by atoms with Crippen molar-refractivity contribution in [2.45, 2.75) is 24.9 Å². The zero-order chi connectivity index (χ0) is 10.9. The first-order valence-electron chi connectivity index (χ1n) is 5.30. The first-order chi connectivity index (χ1) is 7.13. The van der Waals surface area contributed by atoms with Crippen LogP contribution in [0.3, 0.4) is 0 Å². The summed E-state index contributed by atoms with van der Waals surface area (Å²) >= 11 is 0. The summed E-state index contributed by atoms with van der Waals surface area (Å²) in [5.74, 6) is -0.0367. The molecule has 0 radical (unpaired) electrons. The normalized spacial score (nSPS) is 22.0. The van der Waals surface area contributed by atoms with Gasteiger partial charge in [-0.25, -0.2) is 0 Å². The van der Waals surface area contributed by atoms with Crippen molar-refractivity contribution in [3.8, 4) is 0 Å². The highest BCUT2D eigenvalue weighted by molar-refractivity contribution is 6.39. The summed E-state index contributed by atoms with van der Waals surface area (Å²) < 4.78 is 0. The highest BCUT2D eigenvalue weighted by Gasteiger charge is 2.42. The van der Waals surface area contributed by atoms with Crippen LogP contribution in [0.15, 0.2) is 5.16 Å². The van der Waals surface area contributed by atoms with Crippen LogP contribution in [0.4, 0.5) is 0 Å². The maximum atomic E-state index is 11.7. The van der Waals surface area contributed by atoms with E-state index in [2.05, 4.69) is 10.5 Å². The Bertz CT molecular complexity index is 298. The maximum absolute atomic E-state index is 11.7. The summed E-state index contributed by atoms with van der Waals surface area (Å²) in [4.78, 5) is 18.7. The Morgan fingerprint density at radius 2 is 2.06 bits per heavy atom. The second-order valence-electron chi connectivity index (χ2n) is 4.44. The van der Waals surface area contributed by atoms with Gasteiger partial charge in [0.1, 0.15) is 11.3 Å². The molecule has 0 unspecified atom stereocenters. The first-order valence-corrected chi connectivity index (χ1v) is 5.30. The van der Waals surface area contributed by atoms with Gasteiger partial charge in [-0.3, -0.25) is 4.79 Å². The Morgan fingerprint density at radius 3 is 2.62 bits per heavy atom. The number of nitrogens with one attached hydrogen (secondary N) is 1. The van der Waals surface area contributed by atoms with E-state index in [9.17, 15) is 4.79 Å². The van der Waals surface area contributed by atoms with Crippen LogP contribution in [-0.2, 0) is 9.63 Å². The Morgan fingerprint density at radius 1 is 1.44 bits per heavy atom. The number of amides is 1. The molecule has 2 heterocycles. The van der Waals surface area contributed by atoms with E-state index in [1.54, 1.807) is 19.0 Å². The van der Waals surface area contributed by atoms with Gasteiger partial charge in [0.15, 0.2) is 0 Å². The molecule has 2 aliphatic rings. The molecule has 1 spiro atoms. The van der Waals surface area contributed by atoms with Crippen molar-refractivity contribution in [1.82, 2.24) is 10.2 Å². The minimum Gasteiger partial charge on any atom is -0.388 e. The molecule has 0 bridgehead atoms. The van der Waals surface area contributed by atoms with Crippen molar-refractivity contribution in [2.24, 2.45) is 5.16 Å². The van der Waals surface area contributed by atoms with Gasteiger partial charge in [-0.2, -0.15) is 0 Å². The number of oxime groups is 1. The molecule has 5 nitrogen and oxygen atoms in total. The third-order valence-electron chi connectivity index (χ3n) is 3.01. The van der Waals surface area contributed by atoms with Gasteiger partial charge < -0.3 is 15.1 Å². The highest BCUT2D eigenvalue weighted by Crippen LogP contribution is 2.32. The van der Waals surface area contributed by atoms with Crippen LogP contribution in [0.1, 0.15) is 19.3 Å². The lowest BCUT2D eigenvalue weighted by Crippen LogP contribution is -2.43. The van der Waals surface area contributed by atoms with Gasteiger partial charge in [-0.15, -0.1) is 12.4 Å². The Hall–Kier alpha value is -0.810. The standard InChI is InChI=1S/C10H17N3O2.ClH/c1-13(2)9(14)8-7-10(15-12-8)3-5-11-6-4-10;/h11H,3-7H2,1-2H3;1H. The lowest BCUT2D eigenvalue weighted by atomic mass is 9.87. The van der Waals surface area contributed by atoms with Gasteiger partial charge in [0.05, 0.1) is 0 Å². The molecule has 16 heavy (non-hydrogen) atoms. The molecular weight excluding hydrogens is 230 g/mol. The fraction of sp³-hybridized carbons (Fsp3) is 0.800. The number of piperidine rings is 1. The van der Waals surface area contributed by atoms with Crippen LogP contribution in [0.25, 0.3) is 0 Å². The van der Waals surface area contributed by atoms with Crippen molar-refractivity contribution >= 4 is 24.0 Å². The molecule has 1 amide bonds. The first kappa shape index (κ1) is 13.3. The van der Waals surface area contributed by atoms with Crippen molar-refractivity contribution in [3.63, 3.8) is 0 Å². The molecule has 0 aliphatic carbocycles. The van der Waals surface area contributed by atoms with Crippen molar-refractivity contribution in [3.05, 3.63) is 0 Å². The van der Waals surface area contributed by atoms with Gasteiger partial charge >= 0.3 is 0 Å². The van der Waals surface area contributed by atoms with Crippen LogP contribution in [0.5, 0.6) is 0 Å². The molecule has 0 aromatic rings. The second-order valence-corrected chi connectivity index (χ2v) is 4.44. The predicted molar refractivity (Wildman–Crippen MR) is 63.9 cm³/mol. The summed E-state index contributed by atoms with van der Waals surface area (Å²) in [5.41, 5.74) is 0.355. The number of hydrogen-bond donors (Lipinski definition) is 1. The van der Waals surface area contributed by atoms with Gasteiger partial charge in [-0.1, -0.05) is 5.16 Å². The van der Waals surface area contributed by atoms with E-state index in [1.807, 2.05) is 0 Å². The molecule has 0 atom stereocenters. The summed E-state index contributed by atoms with van der Waals surface area (Å²) in [6, 6.07) is 0. The zero-order valence-electron chi connectivity index (χ0n) is 9.65. The zero-order valence-corrected chi connectivity index (χ0v) is 10.5. The molecule has 92 valence electrons. The molecule has 0 aromatic carbocycles. The minimum absolute atomic E-state index is 0. The Kier molecular flexibility index (Phi) is 4.15. The van der Waals surface area contributed by atoms with Gasteiger partial charge in [-0.05, 0) is 13.1 Å². The number of hydrogen-bond acceptors (Lipinski definition) is 4. The minimum atomic E-state index is -0.202. The molecular formula is C10H18ClN3O2. The molecule has 0 aromatic heterocycles. The molecule has 1 N–H and O–H groups in total. The largest absolute Gasteiger partial charge is 0.388 e. The molecule has 1 saturated heterocycles. The number of nitrogens with zero attached hydrogens (tertiary/aromatic N) is 2. The number of carbonyl (C=O) groups is 1. The smallest absolute Gasteiger partial charge is 0.271 e.